The molecule has 0 N–H and O–H groups in total. The van der Waals surface area contributed by atoms with Crippen LogP contribution in [-0.2, 0) is 9.53 Å². The van der Waals surface area contributed by atoms with Crippen LogP contribution in [0.1, 0.15) is 11.9 Å². The van der Waals surface area contributed by atoms with Crippen molar-refractivity contribution in [1.82, 2.24) is 0 Å². The molecule has 1 heterocycles. The molecule has 14 heavy (non-hydrogen) atoms. The first-order valence-corrected chi connectivity index (χ1v) is 4.39. The van der Waals surface area contributed by atoms with Crippen molar-refractivity contribution >= 4 is 11.6 Å². The molecule has 1 aliphatic rings. The maximum absolute atomic E-state index is 12.1. The molecule has 1 atom stereocenters. The number of para-hydroxylation sites is 1. The molecule has 1 fully saturated rings. The van der Waals surface area contributed by atoms with Crippen molar-refractivity contribution in [2.75, 3.05) is 18.5 Å². The molecule has 1 aromatic carbocycles. The lowest BCUT2D eigenvalue weighted by molar-refractivity contribution is -0.125. The number of methoxy groups -OCH3 is 1. The van der Waals surface area contributed by atoms with E-state index in [0.717, 1.165) is 0 Å². The number of ether oxygens (including phenoxy) is 1. The number of nitrogens with zero attached hydrogens (tertiary/aromatic N) is 1. The van der Waals surface area contributed by atoms with Crippen molar-refractivity contribution in [2.45, 2.75) is 12.5 Å². The van der Waals surface area contributed by atoms with E-state index in [1.807, 2.05) is 6.07 Å². The van der Waals surface area contributed by atoms with Gasteiger partial charge in [-0.05, 0) is 12.1 Å². The second kappa shape index (κ2) is 3.80. The Morgan fingerprint density at radius 2 is 2.36 bits per heavy atom. The summed E-state index contributed by atoms with van der Waals surface area (Å²) < 4.78 is 33.5. The standard InChI is InChI=1S/C11H13NO2/c1-14-10-7-8-12(11(10)13)9-5-3-2-4-6-9/h2-6,10H,7-8H2,1H3/i1D3,10D. The number of carbonyl (C=O) groups is 1. The van der Waals surface area contributed by atoms with Gasteiger partial charge in [-0.1, -0.05) is 18.2 Å². The van der Waals surface area contributed by atoms with Crippen LogP contribution in [0.3, 0.4) is 0 Å². The Morgan fingerprint density at radius 1 is 1.57 bits per heavy atom. The van der Waals surface area contributed by atoms with Gasteiger partial charge in [0.25, 0.3) is 5.91 Å². The third kappa shape index (κ3) is 1.51. The number of hydrogen-bond acceptors (Lipinski definition) is 2. The molecule has 1 saturated heterocycles. The quantitative estimate of drug-likeness (QED) is 0.714. The van der Waals surface area contributed by atoms with Gasteiger partial charge in [-0.25, -0.2) is 0 Å². The van der Waals surface area contributed by atoms with Crippen LogP contribution in [0, 0.1) is 0 Å². The molecule has 1 aliphatic heterocycles. The normalized spacial score (nSPS) is 32.0. The fourth-order valence-electron chi connectivity index (χ4n) is 1.52. The highest BCUT2D eigenvalue weighted by Crippen LogP contribution is 2.21. The summed E-state index contributed by atoms with van der Waals surface area (Å²) >= 11 is 0. The molecule has 0 bridgehead atoms. The molecule has 1 amide bonds. The van der Waals surface area contributed by atoms with Crippen LogP contribution < -0.4 is 4.90 Å². The molecular weight excluding hydrogens is 178 g/mol. The van der Waals surface area contributed by atoms with Gasteiger partial charge in [0.1, 0.15) is 6.08 Å². The zero-order chi connectivity index (χ0) is 13.4. The van der Waals surface area contributed by atoms with Gasteiger partial charge >= 0.3 is 0 Å². The highest BCUT2D eigenvalue weighted by molar-refractivity contribution is 5.98. The van der Waals surface area contributed by atoms with Gasteiger partial charge in [0.2, 0.25) is 0 Å². The van der Waals surface area contributed by atoms with Gasteiger partial charge in [-0.15, -0.1) is 0 Å². The van der Waals surface area contributed by atoms with Crippen LogP contribution in [0.15, 0.2) is 30.3 Å². The first-order chi connectivity index (χ1) is 8.32. The summed E-state index contributed by atoms with van der Waals surface area (Å²) in [4.78, 5) is 13.4. The fraction of sp³-hybridized carbons (Fsp3) is 0.364. The highest BCUT2D eigenvalue weighted by Gasteiger charge is 2.32. The molecule has 0 radical (unpaired) electrons. The second-order valence-corrected chi connectivity index (χ2v) is 3.07. The van der Waals surface area contributed by atoms with Crippen molar-refractivity contribution in [1.29, 1.82) is 0 Å². The zero-order valence-electron chi connectivity index (χ0n) is 11.6. The first-order valence-electron chi connectivity index (χ1n) is 6.39. The predicted octanol–water partition coefficient (Wildman–Crippen LogP) is 1.44. The largest absolute Gasteiger partial charge is 0.372 e. The lowest BCUT2D eigenvalue weighted by atomic mass is 10.3. The molecule has 3 nitrogen and oxygen atoms in total. The molecule has 1 aromatic rings. The van der Waals surface area contributed by atoms with Gasteiger partial charge in [0.15, 0.2) is 0 Å². The lowest BCUT2D eigenvalue weighted by Crippen LogP contribution is -2.29. The number of carbonyl (C=O) groups excluding carboxylic acids is 1. The van der Waals surface area contributed by atoms with Gasteiger partial charge in [0, 0.05) is 25.7 Å². The Morgan fingerprint density at radius 3 is 3.07 bits per heavy atom. The van der Waals surface area contributed by atoms with Crippen molar-refractivity contribution in [2.24, 2.45) is 0 Å². The summed E-state index contributed by atoms with van der Waals surface area (Å²) in [6.07, 6.45) is -1.97. The summed E-state index contributed by atoms with van der Waals surface area (Å²) in [6.45, 7) is 0.280. The third-order valence-corrected chi connectivity index (χ3v) is 2.24. The lowest BCUT2D eigenvalue weighted by Gasteiger charge is -2.15. The van der Waals surface area contributed by atoms with Gasteiger partial charge < -0.3 is 9.64 Å². The molecule has 0 saturated carbocycles. The minimum Gasteiger partial charge on any atom is -0.372 e. The number of benzene rings is 1. The first kappa shape index (κ1) is 5.51. The van der Waals surface area contributed by atoms with Crippen LogP contribution in [-0.4, -0.2) is 25.6 Å². The van der Waals surface area contributed by atoms with E-state index in [1.165, 1.54) is 4.90 Å². The Labute approximate surface area is 88.9 Å². The molecule has 74 valence electrons. The summed E-state index contributed by atoms with van der Waals surface area (Å²) in [7, 11) is -2.75. The number of amides is 1. The van der Waals surface area contributed by atoms with Gasteiger partial charge in [-0.2, -0.15) is 0 Å². The average molecular weight is 195 g/mol. The van der Waals surface area contributed by atoms with Gasteiger partial charge in [0.05, 0.1) is 5.48 Å². The van der Waals surface area contributed by atoms with Crippen LogP contribution >= 0.6 is 0 Å². The third-order valence-electron chi connectivity index (χ3n) is 2.24. The van der Waals surface area contributed by atoms with E-state index in [1.54, 1.807) is 24.3 Å². The zero-order valence-corrected chi connectivity index (χ0v) is 7.56. The number of rotatable bonds is 2. The van der Waals surface area contributed by atoms with Crippen LogP contribution in [0.4, 0.5) is 5.69 Å². The summed E-state index contributed by atoms with van der Waals surface area (Å²) in [5.41, 5.74) is 0.644. The highest BCUT2D eigenvalue weighted by atomic mass is 16.5. The van der Waals surface area contributed by atoms with Crippen molar-refractivity contribution in [3.8, 4) is 0 Å². The maximum Gasteiger partial charge on any atom is 0.256 e. The van der Waals surface area contributed by atoms with Crippen molar-refractivity contribution in [3.05, 3.63) is 30.3 Å². The summed E-state index contributed by atoms with van der Waals surface area (Å²) in [5, 5.41) is 0. The van der Waals surface area contributed by atoms with Crippen molar-refractivity contribution < 1.29 is 15.0 Å². The summed E-state index contributed by atoms with van der Waals surface area (Å²) in [6, 6.07) is 8.84. The monoisotopic (exact) mass is 195 g/mol. The fourth-order valence-corrected chi connectivity index (χ4v) is 1.52. The van der Waals surface area contributed by atoms with E-state index in [4.69, 9.17) is 5.48 Å². The van der Waals surface area contributed by atoms with Crippen LogP contribution in [0.25, 0.3) is 0 Å². The minimum atomic E-state index is -2.75. The second-order valence-electron chi connectivity index (χ2n) is 3.07. The number of hydrogen-bond donors (Lipinski definition) is 0. The molecule has 0 aromatic heterocycles. The Balaban J connectivity index is 2.19. The topological polar surface area (TPSA) is 29.5 Å². The Bertz CT molecular complexity index is 448. The van der Waals surface area contributed by atoms with E-state index >= 15 is 0 Å². The van der Waals surface area contributed by atoms with Crippen LogP contribution in [0.5, 0.6) is 0 Å². The average Bonchev–Trinajstić information content (AvgIpc) is 2.54. The molecule has 3 heteroatoms. The van der Waals surface area contributed by atoms with E-state index in [-0.39, 0.29) is 13.0 Å². The minimum absolute atomic E-state index is 0.0408. The Kier molecular flexibility index (Phi) is 1.50. The Hall–Kier alpha value is -1.35. The molecule has 2 rings (SSSR count). The van der Waals surface area contributed by atoms with Crippen molar-refractivity contribution in [3.63, 3.8) is 0 Å². The predicted molar refractivity (Wildman–Crippen MR) is 54.2 cm³/mol. The van der Waals surface area contributed by atoms with Gasteiger partial charge in [-0.3, -0.25) is 4.79 Å². The molecular formula is C11H13NO2. The van der Waals surface area contributed by atoms with E-state index in [0.29, 0.717) is 5.69 Å². The van der Waals surface area contributed by atoms with E-state index < -0.39 is 19.0 Å². The molecule has 0 spiro atoms. The smallest absolute Gasteiger partial charge is 0.256 e. The van der Waals surface area contributed by atoms with Crippen LogP contribution in [0.2, 0.25) is 0 Å². The number of anilines is 1. The van der Waals surface area contributed by atoms with E-state index in [9.17, 15) is 4.79 Å². The molecule has 1 unspecified atom stereocenters. The molecule has 0 aliphatic carbocycles. The van der Waals surface area contributed by atoms with E-state index in [2.05, 4.69) is 4.74 Å². The summed E-state index contributed by atoms with van der Waals surface area (Å²) in [5.74, 6) is -0.634. The SMILES string of the molecule is [2H]C([2H])([2H])OC1([2H])CCN(c2ccccc2)C1=O. The maximum atomic E-state index is 12.1.